The van der Waals surface area contributed by atoms with Crippen LogP contribution in [0, 0.1) is 5.92 Å². The Bertz CT molecular complexity index is 879. The molecule has 0 fully saturated rings. The lowest BCUT2D eigenvalue weighted by Gasteiger charge is -2.39. The second-order valence-corrected chi connectivity index (χ2v) is 7.65. The first-order chi connectivity index (χ1) is 12.5. The molecule has 0 radical (unpaired) electrons. The van der Waals surface area contributed by atoms with Crippen LogP contribution in [0.1, 0.15) is 24.5 Å². The molecule has 1 aromatic carbocycles. The molecule has 2 aromatic rings. The van der Waals surface area contributed by atoms with Crippen molar-refractivity contribution in [3.63, 3.8) is 0 Å². The minimum atomic E-state index is -0.188. The SMILES string of the molecule is CC[C@H](CO)NC(=O)[C@@H]1C=C2c3cccc4c3c(cn4C)C[C@H]2N(C)C1. The standard InChI is InChI=1S/C21H27N3O2/c1-4-15(12-25)22-21(26)14-8-17-16-6-5-7-18-20(16)13(10-23(18)2)9-19(17)24(3)11-14/h5-8,10,14-15,19,25H,4,9,11-12H2,1-3H3,(H,22,26)/t14-,15-,19-/m1/s1. The average molecular weight is 353 g/mol. The van der Waals surface area contributed by atoms with Crippen LogP contribution in [0.5, 0.6) is 0 Å². The van der Waals surface area contributed by atoms with Crippen LogP contribution in [0.25, 0.3) is 16.5 Å². The first-order valence-corrected chi connectivity index (χ1v) is 9.44. The number of aliphatic hydroxyl groups excluding tert-OH is 1. The van der Waals surface area contributed by atoms with Gasteiger partial charge in [-0.1, -0.05) is 25.1 Å². The van der Waals surface area contributed by atoms with Gasteiger partial charge in [0, 0.05) is 36.7 Å². The lowest BCUT2D eigenvalue weighted by molar-refractivity contribution is -0.125. The summed E-state index contributed by atoms with van der Waals surface area (Å²) in [4.78, 5) is 15.0. The van der Waals surface area contributed by atoms with Gasteiger partial charge in [0.1, 0.15) is 0 Å². The molecule has 0 spiro atoms. The maximum absolute atomic E-state index is 12.7. The molecule has 1 amide bonds. The molecule has 5 heteroatoms. The van der Waals surface area contributed by atoms with Crippen molar-refractivity contribution in [3.8, 4) is 0 Å². The Kier molecular flexibility index (Phi) is 4.37. The van der Waals surface area contributed by atoms with Gasteiger partial charge >= 0.3 is 0 Å². The molecule has 0 bridgehead atoms. The number of aryl methyl sites for hydroxylation is 1. The Hall–Kier alpha value is -2.11. The Morgan fingerprint density at radius 2 is 2.19 bits per heavy atom. The number of hydrogen-bond acceptors (Lipinski definition) is 3. The van der Waals surface area contributed by atoms with Gasteiger partial charge in [0.05, 0.1) is 18.6 Å². The van der Waals surface area contributed by atoms with Crippen molar-refractivity contribution < 1.29 is 9.90 Å². The number of amides is 1. The number of benzene rings is 1. The van der Waals surface area contributed by atoms with Gasteiger partial charge in [-0.15, -0.1) is 0 Å². The zero-order chi connectivity index (χ0) is 18.4. The van der Waals surface area contributed by atoms with Gasteiger partial charge in [0.25, 0.3) is 0 Å². The molecule has 0 unspecified atom stereocenters. The maximum Gasteiger partial charge on any atom is 0.228 e. The van der Waals surface area contributed by atoms with Crippen molar-refractivity contribution in [2.45, 2.75) is 31.8 Å². The number of likely N-dealkylation sites (N-methyl/N-ethyl adjacent to an activating group) is 1. The summed E-state index contributed by atoms with van der Waals surface area (Å²) in [6, 6.07) is 6.60. The molecule has 0 saturated carbocycles. The largest absolute Gasteiger partial charge is 0.394 e. The van der Waals surface area contributed by atoms with Crippen LogP contribution in [0.3, 0.4) is 0 Å². The second kappa shape index (κ2) is 6.56. The number of carbonyl (C=O) groups excluding carboxylic acids is 1. The van der Waals surface area contributed by atoms with Gasteiger partial charge in [-0.2, -0.15) is 0 Å². The van der Waals surface area contributed by atoms with Crippen molar-refractivity contribution >= 4 is 22.4 Å². The Labute approximate surface area is 154 Å². The number of nitrogens with zero attached hydrogens (tertiary/aromatic N) is 2. The van der Waals surface area contributed by atoms with Gasteiger partial charge in [0.15, 0.2) is 0 Å². The zero-order valence-corrected chi connectivity index (χ0v) is 15.7. The van der Waals surface area contributed by atoms with E-state index in [0.29, 0.717) is 12.6 Å². The van der Waals surface area contributed by atoms with Crippen LogP contribution in [-0.4, -0.2) is 52.8 Å². The molecule has 0 saturated heterocycles. The number of aromatic nitrogens is 1. The van der Waals surface area contributed by atoms with E-state index < -0.39 is 0 Å². The van der Waals surface area contributed by atoms with E-state index in [2.05, 4.69) is 59.4 Å². The number of nitrogens with one attached hydrogen (secondary N) is 1. The quantitative estimate of drug-likeness (QED) is 0.883. The molecule has 2 N–H and O–H groups in total. The van der Waals surface area contributed by atoms with Crippen LogP contribution in [-0.2, 0) is 18.3 Å². The van der Waals surface area contributed by atoms with E-state index >= 15 is 0 Å². The summed E-state index contributed by atoms with van der Waals surface area (Å²) in [5.41, 5.74) is 5.16. The lowest BCUT2D eigenvalue weighted by Crippen LogP contribution is -2.48. The summed E-state index contributed by atoms with van der Waals surface area (Å²) in [7, 11) is 4.20. The van der Waals surface area contributed by atoms with Gasteiger partial charge in [0.2, 0.25) is 5.91 Å². The highest BCUT2D eigenvalue weighted by atomic mass is 16.3. The molecular weight excluding hydrogens is 326 g/mol. The van der Waals surface area contributed by atoms with E-state index in [-0.39, 0.29) is 24.5 Å². The first kappa shape index (κ1) is 17.3. The molecule has 5 nitrogen and oxygen atoms in total. The number of hydrogen-bond donors (Lipinski definition) is 2. The van der Waals surface area contributed by atoms with Crippen LogP contribution in [0.4, 0.5) is 0 Å². The molecule has 26 heavy (non-hydrogen) atoms. The summed E-state index contributed by atoms with van der Waals surface area (Å²) >= 11 is 0. The van der Waals surface area contributed by atoms with E-state index in [9.17, 15) is 9.90 Å². The number of aliphatic hydroxyl groups is 1. The fourth-order valence-electron chi connectivity index (χ4n) is 4.48. The molecule has 1 aromatic heterocycles. The third-order valence-electron chi connectivity index (χ3n) is 5.97. The fourth-order valence-corrected chi connectivity index (χ4v) is 4.48. The van der Waals surface area contributed by atoms with Gasteiger partial charge in [-0.25, -0.2) is 0 Å². The molecule has 4 rings (SSSR count). The molecule has 2 heterocycles. The monoisotopic (exact) mass is 353 g/mol. The van der Waals surface area contributed by atoms with E-state index in [0.717, 1.165) is 12.8 Å². The highest BCUT2D eigenvalue weighted by Crippen LogP contribution is 2.41. The van der Waals surface area contributed by atoms with E-state index in [1.54, 1.807) is 0 Å². The summed E-state index contributed by atoms with van der Waals surface area (Å²) in [6.45, 7) is 2.66. The smallest absolute Gasteiger partial charge is 0.228 e. The van der Waals surface area contributed by atoms with Crippen LogP contribution < -0.4 is 5.32 Å². The third kappa shape index (κ3) is 2.66. The zero-order valence-electron chi connectivity index (χ0n) is 15.7. The highest BCUT2D eigenvalue weighted by molar-refractivity contribution is 5.99. The molecule has 1 aliphatic carbocycles. The first-order valence-electron chi connectivity index (χ1n) is 9.44. The van der Waals surface area contributed by atoms with Crippen molar-refractivity contribution in [1.29, 1.82) is 0 Å². The normalized spacial score (nSPS) is 23.5. The van der Waals surface area contributed by atoms with Gasteiger partial charge < -0.3 is 15.0 Å². The van der Waals surface area contributed by atoms with E-state index in [1.165, 1.54) is 27.6 Å². The van der Waals surface area contributed by atoms with E-state index in [1.807, 2.05) is 6.92 Å². The molecule has 1 aliphatic heterocycles. The number of rotatable bonds is 4. The Morgan fingerprint density at radius 1 is 1.38 bits per heavy atom. The number of carbonyl (C=O) groups is 1. The topological polar surface area (TPSA) is 57.5 Å². The predicted molar refractivity (Wildman–Crippen MR) is 104 cm³/mol. The number of fused-ring (bicyclic) bond motifs is 2. The molecule has 3 atom stereocenters. The minimum absolute atomic E-state index is 0.00901. The van der Waals surface area contributed by atoms with Crippen LogP contribution in [0.2, 0.25) is 0 Å². The summed E-state index contributed by atoms with van der Waals surface area (Å²) in [5, 5.41) is 13.7. The molecule has 2 aliphatic rings. The minimum Gasteiger partial charge on any atom is -0.394 e. The van der Waals surface area contributed by atoms with E-state index in [4.69, 9.17) is 0 Å². The second-order valence-electron chi connectivity index (χ2n) is 7.65. The average Bonchev–Trinajstić information content (AvgIpc) is 2.97. The van der Waals surface area contributed by atoms with Crippen molar-refractivity contribution in [3.05, 3.63) is 41.6 Å². The summed E-state index contributed by atoms with van der Waals surface area (Å²) in [6.07, 6.45) is 6.12. The van der Waals surface area contributed by atoms with Gasteiger partial charge in [-0.05, 0) is 42.7 Å². The maximum atomic E-state index is 12.7. The third-order valence-corrected chi connectivity index (χ3v) is 5.97. The van der Waals surface area contributed by atoms with Crippen molar-refractivity contribution in [2.75, 3.05) is 20.2 Å². The van der Waals surface area contributed by atoms with Crippen LogP contribution >= 0.6 is 0 Å². The summed E-state index contributed by atoms with van der Waals surface area (Å²) in [5.74, 6) is -0.179. The summed E-state index contributed by atoms with van der Waals surface area (Å²) < 4.78 is 2.20. The van der Waals surface area contributed by atoms with Crippen molar-refractivity contribution in [2.24, 2.45) is 13.0 Å². The lowest BCUT2D eigenvalue weighted by atomic mass is 9.80. The Morgan fingerprint density at radius 3 is 2.92 bits per heavy atom. The molecule has 138 valence electrons. The molecular formula is C21H27N3O2. The predicted octanol–water partition coefficient (Wildman–Crippen LogP) is 1.94. The van der Waals surface area contributed by atoms with Crippen LogP contribution in [0.15, 0.2) is 30.5 Å². The fraction of sp³-hybridized carbons (Fsp3) is 0.476. The van der Waals surface area contributed by atoms with Crippen molar-refractivity contribution in [1.82, 2.24) is 14.8 Å². The van der Waals surface area contributed by atoms with Gasteiger partial charge in [-0.3, -0.25) is 9.69 Å². The highest BCUT2D eigenvalue weighted by Gasteiger charge is 2.36. The Balaban J connectivity index is 1.74.